The van der Waals surface area contributed by atoms with Gasteiger partial charge in [0.15, 0.2) is 0 Å². The Labute approximate surface area is 86.2 Å². The Kier molecular flexibility index (Phi) is 3.71. The van der Waals surface area contributed by atoms with Gasteiger partial charge in [-0.1, -0.05) is 12.2 Å². The fraction of sp³-hybridized carbons (Fsp3) is 0.875. The molecule has 1 fully saturated rings. The van der Waals surface area contributed by atoms with Gasteiger partial charge in [-0.25, -0.2) is 0 Å². The standard InChI is InChI=1S/C8H13F3N2S/c9-8(10,11)5-13-3-1-2-6(4-13)7(12)14/h6H,1-5H2,(H2,12,14). The van der Waals surface area contributed by atoms with Gasteiger partial charge in [-0.2, -0.15) is 13.2 Å². The second-order valence-corrected chi connectivity index (χ2v) is 4.06. The largest absolute Gasteiger partial charge is 0.401 e. The molecule has 0 bridgehead atoms. The molecule has 0 aliphatic carbocycles. The Morgan fingerprint density at radius 2 is 2.14 bits per heavy atom. The molecule has 1 rings (SSSR count). The lowest BCUT2D eigenvalue weighted by atomic mass is 9.98. The Morgan fingerprint density at radius 3 is 2.64 bits per heavy atom. The summed E-state index contributed by atoms with van der Waals surface area (Å²) in [5, 5.41) is 0. The first-order valence-electron chi connectivity index (χ1n) is 4.47. The molecular weight excluding hydrogens is 213 g/mol. The molecule has 14 heavy (non-hydrogen) atoms. The van der Waals surface area contributed by atoms with Crippen molar-refractivity contribution >= 4 is 17.2 Å². The number of nitrogens with zero attached hydrogens (tertiary/aromatic N) is 1. The van der Waals surface area contributed by atoms with E-state index in [0.29, 0.717) is 18.1 Å². The van der Waals surface area contributed by atoms with E-state index < -0.39 is 12.7 Å². The van der Waals surface area contributed by atoms with Crippen LogP contribution in [0.4, 0.5) is 13.2 Å². The van der Waals surface area contributed by atoms with Crippen molar-refractivity contribution in [2.45, 2.75) is 19.0 Å². The van der Waals surface area contributed by atoms with Crippen LogP contribution >= 0.6 is 12.2 Å². The van der Waals surface area contributed by atoms with E-state index in [4.69, 9.17) is 18.0 Å². The number of rotatable bonds is 2. The summed E-state index contributed by atoms with van der Waals surface area (Å²) in [5.41, 5.74) is 5.42. The lowest BCUT2D eigenvalue weighted by molar-refractivity contribution is -0.148. The number of alkyl halides is 3. The summed E-state index contributed by atoms with van der Waals surface area (Å²) >= 11 is 4.78. The summed E-state index contributed by atoms with van der Waals surface area (Å²) in [7, 11) is 0. The highest BCUT2D eigenvalue weighted by Crippen LogP contribution is 2.22. The van der Waals surface area contributed by atoms with Gasteiger partial charge in [0.25, 0.3) is 0 Å². The van der Waals surface area contributed by atoms with Crippen molar-refractivity contribution in [2.75, 3.05) is 19.6 Å². The zero-order valence-electron chi connectivity index (χ0n) is 7.68. The van der Waals surface area contributed by atoms with Gasteiger partial charge in [-0.3, -0.25) is 4.90 Å². The van der Waals surface area contributed by atoms with Gasteiger partial charge in [0, 0.05) is 12.5 Å². The van der Waals surface area contributed by atoms with Crippen LogP contribution in [0.25, 0.3) is 0 Å². The van der Waals surface area contributed by atoms with E-state index in [-0.39, 0.29) is 5.92 Å². The fourth-order valence-corrected chi connectivity index (χ4v) is 1.88. The predicted octanol–water partition coefficient (Wildman–Crippen LogP) is 1.55. The number of thiocarbonyl (C=S) groups is 1. The molecular formula is C8H13F3N2S. The highest BCUT2D eigenvalue weighted by molar-refractivity contribution is 7.80. The first-order chi connectivity index (χ1) is 6.38. The van der Waals surface area contributed by atoms with Crippen LogP contribution in [0.2, 0.25) is 0 Å². The van der Waals surface area contributed by atoms with Crippen LogP contribution in [0, 0.1) is 5.92 Å². The quantitative estimate of drug-likeness (QED) is 0.724. The molecule has 0 aromatic carbocycles. The van der Waals surface area contributed by atoms with Crippen LogP contribution in [0.3, 0.4) is 0 Å². The summed E-state index contributed by atoms with van der Waals surface area (Å²) in [6.45, 7) is -0.0282. The normalized spacial score (nSPS) is 24.9. The second kappa shape index (κ2) is 4.44. The number of piperidine rings is 1. The van der Waals surface area contributed by atoms with E-state index in [9.17, 15) is 13.2 Å². The molecule has 2 nitrogen and oxygen atoms in total. The van der Waals surface area contributed by atoms with Crippen molar-refractivity contribution in [1.82, 2.24) is 4.90 Å². The highest BCUT2D eigenvalue weighted by atomic mass is 32.1. The maximum Gasteiger partial charge on any atom is 0.401 e. The van der Waals surface area contributed by atoms with E-state index in [1.54, 1.807) is 0 Å². The molecule has 1 aliphatic heterocycles. The van der Waals surface area contributed by atoms with Crippen LogP contribution in [0.5, 0.6) is 0 Å². The fourth-order valence-electron chi connectivity index (χ4n) is 1.68. The van der Waals surface area contributed by atoms with Gasteiger partial charge in [-0.15, -0.1) is 0 Å². The first kappa shape index (κ1) is 11.7. The second-order valence-electron chi connectivity index (χ2n) is 3.59. The molecule has 0 radical (unpaired) electrons. The third kappa shape index (κ3) is 3.79. The van der Waals surface area contributed by atoms with Crippen LogP contribution in [-0.4, -0.2) is 35.7 Å². The van der Waals surface area contributed by atoms with E-state index in [2.05, 4.69) is 0 Å². The van der Waals surface area contributed by atoms with Crippen LogP contribution in [0.15, 0.2) is 0 Å². The van der Waals surface area contributed by atoms with E-state index in [0.717, 1.165) is 12.8 Å². The summed E-state index contributed by atoms with van der Waals surface area (Å²) in [6.07, 6.45) is -2.58. The third-order valence-electron chi connectivity index (χ3n) is 2.31. The van der Waals surface area contributed by atoms with Gasteiger partial charge in [0.2, 0.25) is 0 Å². The zero-order valence-corrected chi connectivity index (χ0v) is 8.50. The van der Waals surface area contributed by atoms with E-state index in [1.807, 2.05) is 0 Å². The van der Waals surface area contributed by atoms with E-state index >= 15 is 0 Å². The smallest absolute Gasteiger partial charge is 0.393 e. The molecule has 0 spiro atoms. The number of likely N-dealkylation sites (tertiary alicyclic amines) is 1. The van der Waals surface area contributed by atoms with Gasteiger partial charge in [-0.05, 0) is 19.4 Å². The minimum Gasteiger partial charge on any atom is -0.393 e. The average molecular weight is 226 g/mol. The first-order valence-corrected chi connectivity index (χ1v) is 4.88. The van der Waals surface area contributed by atoms with Crippen LogP contribution in [-0.2, 0) is 0 Å². The van der Waals surface area contributed by atoms with Crippen molar-refractivity contribution < 1.29 is 13.2 Å². The zero-order chi connectivity index (χ0) is 10.8. The average Bonchev–Trinajstić information content (AvgIpc) is 2.01. The van der Waals surface area contributed by atoms with E-state index in [1.165, 1.54) is 4.90 Å². The highest BCUT2D eigenvalue weighted by Gasteiger charge is 2.33. The molecule has 6 heteroatoms. The van der Waals surface area contributed by atoms with Gasteiger partial charge in [0.05, 0.1) is 11.5 Å². The molecule has 0 saturated carbocycles. The molecule has 0 amide bonds. The number of hydrogen-bond acceptors (Lipinski definition) is 2. The monoisotopic (exact) mass is 226 g/mol. The minimum absolute atomic E-state index is 0.0545. The van der Waals surface area contributed by atoms with Gasteiger partial charge >= 0.3 is 6.18 Å². The Hall–Kier alpha value is -0.360. The number of nitrogens with two attached hydrogens (primary N) is 1. The topological polar surface area (TPSA) is 29.3 Å². The van der Waals surface area contributed by atoms with Crippen molar-refractivity contribution in [3.8, 4) is 0 Å². The van der Waals surface area contributed by atoms with Crippen LogP contribution in [0.1, 0.15) is 12.8 Å². The molecule has 82 valence electrons. The molecule has 1 saturated heterocycles. The summed E-state index contributed by atoms with van der Waals surface area (Å²) in [4.78, 5) is 1.70. The number of halogens is 3. The summed E-state index contributed by atoms with van der Waals surface area (Å²) in [6, 6.07) is 0. The van der Waals surface area contributed by atoms with Gasteiger partial charge < -0.3 is 5.73 Å². The summed E-state index contributed by atoms with van der Waals surface area (Å²) < 4.78 is 36.2. The summed E-state index contributed by atoms with van der Waals surface area (Å²) in [5.74, 6) is -0.0545. The Bertz CT molecular complexity index is 217. The third-order valence-corrected chi connectivity index (χ3v) is 2.64. The lowest BCUT2D eigenvalue weighted by Crippen LogP contribution is -2.44. The van der Waals surface area contributed by atoms with Crippen molar-refractivity contribution in [1.29, 1.82) is 0 Å². The molecule has 1 heterocycles. The molecule has 0 aromatic rings. The molecule has 0 aromatic heterocycles. The maximum atomic E-state index is 12.1. The Morgan fingerprint density at radius 1 is 1.50 bits per heavy atom. The molecule has 1 atom stereocenters. The minimum atomic E-state index is -4.13. The SMILES string of the molecule is NC(=S)C1CCCN(CC(F)(F)F)C1. The maximum absolute atomic E-state index is 12.1. The number of hydrogen-bond donors (Lipinski definition) is 1. The predicted molar refractivity (Wildman–Crippen MR) is 52.0 cm³/mol. The van der Waals surface area contributed by atoms with Crippen molar-refractivity contribution in [2.24, 2.45) is 11.7 Å². The lowest BCUT2D eigenvalue weighted by Gasteiger charge is -2.32. The molecule has 1 unspecified atom stereocenters. The molecule has 1 aliphatic rings. The molecule has 2 N–H and O–H groups in total. The van der Waals surface area contributed by atoms with Crippen LogP contribution < -0.4 is 5.73 Å². The van der Waals surface area contributed by atoms with Gasteiger partial charge in [0.1, 0.15) is 0 Å². The van der Waals surface area contributed by atoms with Crippen molar-refractivity contribution in [3.63, 3.8) is 0 Å². The van der Waals surface area contributed by atoms with Crippen molar-refractivity contribution in [3.05, 3.63) is 0 Å². The Balaban J connectivity index is 2.44.